The van der Waals surface area contributed by atoms with E-state index in [0.717, 1.165) is 10.0 Å². The van der Waals surface area contributed by atoms with Crippen LogP contribution in [0.1, 0.15) is 5.56 Å². The summed E-state index contributed by atoms with van der Waals surface area (Å²) in [6, 6.07) is 11.2. The Morgan fingerprint density at radius 1 is 0.968 bits per heavy atom. The Hall–Kier alpha value is -2.94. The zero-order valence-corrected chi connectivity index (χ0v) is 18.3. The lowest BCUT2D eigenvalue weighted by Gasteiger charge is -2.36. The highest BCUT2D eigenvalue weighted by Crippen LogP contribution is 2.34. The van der Waals surface area contributed by atoms with Crippen LogP contribution in [0.25, 0.3) is 0 Å². The fraction of sp³-hybridized carbons (Fsp3) is 0.318. The lowest BCUT2D eigenvalue weighted by molar-refractivity contribution is -0.138. The van der Waals surface area contributed by atoms with Gasteiger partial charge in [-0.25, -0.2) is 4.39 Å². The Balaban J connectivity index is 1.33. The molecule has 0 unspecified atom stereocenters. The SMILES string of the molecule is O=C(Cc1ccc(F)cc1)N1CCN(C(=O)CN2C(=O)COc3cc(Br)ccc32)CC1. The van der Waals surface area contributed by atoms with Crippen LogP contribution in [0.2, 0.25) is 0 Å². The van der Waals surface area contributed by atoms with E-state index in [2.05, 4.69) is 15.9 Å². The predicted molar refractivity (Wildman–Crippen MR) is 115 cm³/mol. The number of carbonyl (C=O) groups is 3. The van der Waals surface area contributed by atoms with Gasteiger partial charge in [0.2, 0.25) is 11.8 Å². The molecule has 2 aromatic carbocycles. The van der Waals surface area contributed by atoms with Crippen molar-refractivity contribution in [2.45, 2.75) is 6.42 Å². The van der Waals surface area contributed by atoms with Crippen molar-refractivity contribution in [2.24, 2.45) is 0 Å². The van der Waals surface area contributed by atoms with Crippen molar-refractivity contribution >= 4 is 39.3 Å². The Labute approximate surface area is 187 Å². The van der Waals surface area contributed by atoms with Crippen molar-refractivity contribution in [1.82, 2.24) is 9.80 Å². The number of piperazine rings is 1. The van der Waals surface area contributed by atoms with E-state index in [9.17, 15) is 18.8 Å². The minimum absolute atomic E-state index is 0.0541. The number of fused-ring (bicyclic) bond motifs is 1. The topological polar surface area (TPSA) is 70.2 Å². The maximum absolute atomic E-state index is 13.0. The molecule has 0 radical (unpaired) electrons. The van der Waals surface area contributed by atoms with Crippen molar-refractivity contribution in [1.29, 1.82) is 0 Å². The van der Waals surface area contributed by atoms with Crippen LogP contribution in [-0.4, -0.2) is 66.9 Å². The normalized spacial score (nSPS) is 16.1. The summed E-state index contributed by atoms with van der Waals surface area (Å²) >= 11 is 3.37. The van der Waals surface area contributed by atoms with E-state index in [0.29, 0.717) is 37.6 Å². The number of hydrogen-bond donors (Lipinski definition) is 0. The van der Waals surface area contributed by atoms with Gasteiger partial charge in [-0.2, -0.15) is 0 Å². The first-order valence-electron chi connectivity index (χ1n) is 9.93. The van der Waals surface area contributed by atoms with Gasteiger partial charge in [-0.1, -0.05) is 28.1 Å². The second-order valence-electron chi connectivity index (χ2n) is 7.45. The Morgan fingerprint density at radius 3 is 2.29 bits per heavy atom. The van der Waals surface area contributed by atoms with Crippen LogP contribution in [-0.2, 0) is 20.8 Å². The van der Waals surface area contributed by atoms with Gasteiger partial charge < -0.3 is 14.5 Å². The number of ether oxygens (including phenoxy) is 1. The summed E-state index contributed by atoms with van der Waals surface area (Å²) in [5.74, 6) is -0.275. The summed E-state index contributed by atoms with van der Waals surface area (Å²) in [4.78, 5) is 42.5. The molecular weight excluding hydrogens is 469 g/mol. The number of hydrogen-bond acceptors (Lipinski definition) is 4. The van der Waals surface area contributed by atoms with Crippen LogP contribution in [0.15, 0.2) is 46.9 Å². The zero-order valence-electron chi connectivity index (χ0n) is 16.7. The van der Waals surface area contributed by atoms with E-state index < -0.39 is 0 Å². The highest BCUT2D eigenvalue weighted by molar-refractivity contribution is 9.10. The van der Waals surface area contributed by atoms with Gasteiger partial charge in [0.15, 0.2) is 6.61 Å². The molecule has 0 aromatic heterocycles. The maximum atomic E-state index is 13.0. The van der Waals surface area contributed by atoms with E-state index in [-0.39, 0.29) is 43.1 Å². The van der Waals surface area contributed by atoms with Gasteiger partial charge >= 0.3 is 0 Å². The van der Waals surface area contributed by atoms with Gasteiger partial charge in [0, 0.05) is 30.7 Å². The minimum Gasteiger partial charge on any atom is -0.482 e. The summed E-state index contributed by atoms with van der Waals surface area (Å²) in [7, 11) is 0. The number of carbonyl (C=O) groups excluding carboxylic acids is 3. The van der Waals surface area contributed by atoms with Crippen molar-refractivity contribution in [2.75, 3.05) is 44.2 Å². The molecule has 4 rings (SSSR count). The average molecular weight is 490 g/mol. The molecule has 0 bridgehead atoms. The zero-order chi connectivity index (χ0) is 22.0. The second kappa shape index (κ2) is 9.05. The van der Waals surface area contributed by atoms with Crippen LogP contribution >= 0.6 is 15.9 Å². The summed E-state index contributed by atoms with van der Waals surface area (Å²) in [6.07, 6.45) is 0.197. The third kappa shape index (κ3) is 4.87. The van der Waals surface area contributed by atoms with Gasteiger partial charge in [0.25, 0.3) is 5.91 Å². The molecule has 0 aliphatic carbocycles. The van der Waals surface area contributed by atoms with Gasteiger partial charge in [0.05, 0.1) is 12.1 Å². The molecule has 9 heteroatoms. The van der Waals surface area contributed by atoms with Crippen LogP contribution in [0, 0.1) is 5.82 Å². The number of halogens is 2. The molecule has 162 valence electrons. The molecule has 0 saturated carbocycles. The molecule has 2 heterocycles. The van der Waals surface area contributed by atoms with E-state index in [1.165, 1.54) is 17.0 Å². The van der Waals surface area contributed by atoms with Gasteiger partial charge in [-0.15, -0.1) is 0 Å². The fourth-order valence-corrected chi connectivity index (χ4v) is 4.02. The first-order valence-corrected chi connectivity index (χ1v) is 10.7. The largest absolute Gasteiger partial charge is 0.482 e. The van der Waals surface area contributed by atoms with Crippen molar-refractivity contribution in [3.8, 4) is 5.75 Å². The first kappa shape index (κ1) is 21.3. The lowest BCUT2D eigenvalue weighted by atomic mass is 10.1. The van der Waals surface area contributed by atoms with E-state index in [4.69, 9.17) is 4.74 Å². The fourth-order valence-electron chi connectivity index (χ4n) is 3.68. The van der Waals surface area contributed by atoms with Crippen molar-refractivity contribution < 1.29 is 23.5 Å². The van der Waals surface area contributed by atoms with Crippen LogP contribution in [0.4, 0.5) is 10.1 Å². The second-order valence-corrected chi connectivity index (χ2v) is 8.36. The molecule has 1 saturated heterocycles. The third-order valence-electron chi connectivity index (χ3n) is 5.41. The van der Waals surface area contributed by atoms with Crippen molar-refractivity contribution in [3.05, 3.63) is 58.3 Å². The molecule has 2 aliphatic heterocycles. The Morgan fingerprint density at radius 2 is 1.61 bits per heavy atom. The van der Waals surface area contributed by atoms with E-state index >= 15 is 0 Å². The molecule has 0 N–H and O–H groups in total. The molecule has 3 amide bonds. The highest BCUT2D eigenvalue weighted by atomic mass is 79.9. The first-order chi connectivity index (χ1) is 14.9. The molecule has 0 spiro atoms. The number of nitrogens with zero attached hydrogens (tertiary/aromatic N) is 3. The number of rotatable bonds is 4. The van der Waals surface area contributed by atoms with Gasteiger partial charge in [-0.3, -0.25) is 19.3 Å². The summed E-state index contributed by atoms with van der Waals surface area (Å²) < 4.78 is 19.3. The Bertz CT molecular complexity index is 1010. The molecule has 31 heavy (non-hydrogen) atoms. The smallest absolute Gasteiger partial charge is 0.265 e. The number of benzene rings is 2. The monoisotopic (exact) mass is 489 g/mol. The minimum atomic E-state index is -0.336. The molecule has 2 aromatic rings. The molecule has 1 fully saturated rings. The summed E-state index contributed by atoms with van der Waals surface area (Å²) in [5.41, 5.74) is 1.32. The van der Waals surface area contributed by atoms with Crippen LogP contribution in [0.5, 0.6) is 5.75 Å². The highest BCUT2D eigenvalue weighted by Gasteiger charge is 2.30. The van der Waals surface area contributed by atoms with E-state index in [1.807, 2.05) is 0 Å². The number of amides is 3. The van der Waals surface area contributed by atoms with Crippen molar-refractivity contribution in [3.63, 3.8) is 0 Å². The third-order valence-corrected chi connectivity index (χ3v) is 5.91. The predicted octanol–water partition coefficient (Wildman–Crippen LogP) is 2.23. The maximum Gasteiger partial charge on any atom is 0.265 e. The van der Waals surface area contributed by atoms with E-state index in [1.54, 1.807) is 40.1 Å². The summed E-state index contributed by atoms with van der Waals surface area (Å²) in [5, 5.41) is 0. The van der Waals surface area contributed by atoms with Gasteiger partial charge in [0.1, 0.15) is 18.1 Å². The standard InChI is InChI=1S/C22H21BrFN3O4/c23-16-3-6-18-19(12-16)31-14-22(30)27(18)13-21(29)26-9-7-25(8-10-26)20(28)11-15-1-4-17(24)5-2-15/h1-6,12H,7-11,13-14H2. The Kier molecular flexibility index (Phi) is 6.22. The van der Waals surface area contributed by atoms with Crippen LogP contribution < -0.4 is 9.64 Å². The molecule has 0 atom stereocenters. The molecular formula is C22H21BrFN3O4. The molecule has 7 nitrogen and oxygen atoms in total. The average Bonchev–Trinajstić information content (AvgIpc) is 2.77. The number of anilines is 1. The molecule has 2 aliphatic rings. The summed E-state index contributed by atoms with van der Waals surface area (Å²) in [6.45, 7) is 1.47. The van der Waals surface area contributed by atoms with Gasteiger partial charge in [-0.05, 0) is 35.9 Å². The lowest BCUT2D eigenvalue weighted by Crippen LogP contribution is -2.54. The van der Waals surface area contributed by atoms with Crippen LogP contribution in [0.3, 0.4) is 0 Å². The quantitative estimate of drug-likeness (QED) is 0.660.